The standard InChI is InChI=1S/C22H23N5O3/c1-23-20-14-17(26-22(27-20)16-4-7-24-8-5-16)6-9-25-21(28)13-15-2-3-18-19(12-15)30-11-10-29-18/h2-5,7-8,12,14H,6,9-11,13H2,1H3,(H,25,28)(H,23,26,27). The maximum atomic E-state index is 12.3. The summed E-state index contributed by atoms with van der Waals surface area (Å²) < 4.78 is 11.1. The normalized spacial score (nSPS) is 12.3. The van der Waals surface area contributed by atoms with E-state index in [0.717, 1.165) is 28.4 Å². The molecule has 8 nitrogen and oxygen atoms in total. The summed E-state index contributed by atoms with van der Waals surface area (Å²) in [4.78, 5) is 25.5. The number of carbonyl (C=O) groups excluding carboxylic acids is 1. The van der Waals surface area contributed by atoms with Crippen LogP contribution in [0.3, 0.4) is 0 Å². The quantitative estimate of drug-likeness (QED) is 0.622. The van der Waals surface area contributed by atoms with E-state index >= 15 is 0 Å². The fraction of sp³-hybridized carbons (Fsp3) is 0.273. The Morgan fingerprint density at radius 2 is 1.83 bits per heavy atom. The van der Waals surface area contributed by atoms with Gasteiger partial charge in [-0.25, -0.2) is 9.97 Å². The van der Waals surface area contributed by atoms with Gasteiger partial charge in [0.15, 0.2) is 17.3 Å². The van der Waals surface area contributed by atoms with Crippen LogP contribution in [-0.4, -0.2) is 47.7 Å². The molecular formula is C22H23N5O3. The largest absolute Gasteiger partial charge is 0.486 e. The fourth-order valence-electron chi connectivity index (χ4n) is 3.16. The number of hydrogen-bond acceptors (Lipinski definition) is 7. The van der Waals surface area contributed by atoms with Gasteiger partial charge >= 0.3 is 0 Å². The first-order valence-electron chi connectivity index (χ1n) is 9.82. The van der Waals surface area contributed by atoms with Crippen LogP contribution in [-0.2, 0) is 17.6 Å². The zero-order chi connectivity index (χ0) is 20.8. The van der Waals surface area contributed by atoms with Crippen molar-refractivity contribution in [1.29, 1.82) is 0 Å². The highest BCUT2D eigenvalue weighted by molar-refractivity contribution is 5.78. The van der Waals surface area contributed by atoms with Crippen LogP contribution in [0.25, 0.3) is 11.4 Å². The Bertz CT molecular complexity index is 1030. The lowest BCUT2D eigenvalue weighted by molar-refractivity contribution is -0.120. The minimum Gasteiger partial charge on any atom is -0.486 e. The second-order valence-corrected chi connectivity index (χ2v) is 6.81. The topological polar surface area (TPSA) is 98.3 Å². The average Bonchev–Trinajstić information content (AvgIpc) is 2.79. The van der Waals surface area contributed by atoms with E-state index in [0.29, 0.717) is 37.8 Å². The number of aromatic nitrogens is 3. The van der Waals surface area contributed by atoms with E-state index < -0.39 is 0 Å². The lowest BCUT2D eigenvalue weighted by Crippen LogP contribution is -2.27. The molecule has 1 aliphatic rings. The highest BCUT2D eigenvalue weighted by Crippen LogP contribution is 2.30. The third kappa shape index (κ3) is 4.83. The van der Waals surface area contributed by atoms with Gasteiger partial charge in [-0.2, -0.15) is 0 Å². The van der Waals surface area contributed by atoms with Crippen molar-refractivity contribution in [3.05, 3.63) is 60.0 Å². The molecule has 4 rings (SSSR count). The van der Waals surface area contributed by atoms with Gasteiger partial charge in [-0.15, -0.1) is 0 Å². The van der Waals surface area contributed by atoms with Crippen molar-refractivity contribution in [2.45, 2.75) is 12.8 Å². The van der Waals surface area contributed by atoms with E-state index in [4.69, 9.17) is 9.47 Å². The molecule has 0 aliphatic carbocycles. The molecular weight excluding hydrogens is 382 g/mol. The second-order valence-electron chi connectivity index (χ2n) is 6.81. The summed E-state index contributed by atoms with van der Waals surface area (Å²) in [6.07, 6.45) is 4.30. The Hall–Kier alpha value is -3.68. The molecule has 1 aromatic carbocycles. The monoisotopic (exact) mass is 405 g/mol. The number of hydrogen-bond donors (Lipinski definition) is 2. The van der Waals surface area contributed by atoms with Gasteiger partial charge in [0.25, 0.3) is 0 Å². The third-order valence-corrected chi connectivity index (χ3v) is 4.65. The summed E-state index contributed by atoms with van der Waals surface area (Å²) in [5, 5.41) is 6.01. The number of nitrogens with zero attached hydrogens (tertiary/aromatic N) is 3. The van der Waals surface area contributed by atoms with Crippen LogP contribution < -0.4 is 20.1 Å². The fourth-order valence-corrected chi connectivity index (χ4v) is 3.16. The number of benzene rings is 1. The third-order valence-electron chi connectivity index (χ3n) is 4.65. The molecule has 3 heterocycles. The predicted octanol–water partition coefficient (Wildman–Crippen LogP) is 2.25. The molecule has 2 N–H and O–H groups in total. The van der Waals surface area contributed by atoms with Crippen LogP contribution in [0.1, 0.15) is 11.3 Å². The van der Waals surface area contributed by atoms with Crippen molar-refractivity contribution in [2.24, 2.45) is 0 Å². The number of ether oxygens (including phenoxy) is 2. The molecule has 0 spiro atoms. The smallest absolute Gasteiger partial charge is 0.224 e. The molecule has 8 heteroatoms. The van der Waals surface area contributed by atoms with E-state index in [-0.39, 0.29) is 12.3 Å². The lowest BCUT2D eigenvalue weighted by atomic mass is 10.1. The molecule has 1 amide bonds. The lowest BCUT2D eigenvalue weighted by Gasteiger charge is -2.18. The van der Waals surface area contributed by atoms with Crippen LogP contribution in [0.4, 0.5) is 5.82 Å². The predicted molar refractivity (Wildman–Crippen MR) is 113 cm³/mol. The number of carbonyl (C=O) groups is 1. The highest BCUT2D eigenvalue weighted by Gasteiger charge is 2.13. The molecule has 154 valence electrons. The molecule has 30 heavy (non-hydrogen) atoms. The number of fused-ring (bicyclic) bond motifs is 1. The first kappa shape index (κ1) is 19.6. The molecule has 0 unspecified atom stereocenters. The van der Waals surface area contributed by atoms with Crippen molar-refractivity contribution in [1.82, 2.24) is 20.3 Å². The average molecular weight is 405 g/mol. The highest BCUT2D eigenvalue weighted by atomic mass is 16.6. The van der Waals surface area contributed by atoms with Crippen molar-refractivity contribution >= 4 is 11.7 Å². The second kappa shape index (κ2) is 9.21. The minimum atomic E-state index is -0.0519. The van der Waals surface area contributed by atoms with Gasteiger partial charge in [0.05, 0.1) is 6.42 Å². The van der Waals surface area contributed by atoms with Gasteiger partial charge < -0.3 is 20.1 Å². The Morgan fingerprint density at radius 1 is 1.03 bits per heavy atom. The Balaban J connectivity index is 1.35. The molecule has 2 aromatic heterocycles. The molecule has 0 saturated carbocycles. The molecule has 3 aromatic rings. The Labute approximate surface area is 174 Å². The van der Waals surface area contributed by atoms with Crippen molar-refractivity contribution in [3.8, 4) is 22.9 Å². The number of pyridine rings is 1. The molecule has 0 saturated heterocycles. The van der Waals surface area contributed by atoms with Gasteiger partial charge in [-0.3, -0.25) is 9.78 Å². The maximum Gasteiger partial charge on any atom is 0.224 e. The Morgan fingerprint density at radius 3 is 2.63 bits per heavy atom. The number of anilines is 1. The zero-order valence-corrected chi connectivity index (χ0v) is 16.7. The molecule has 0 fully saturated rings. The van der Waals surface area contributed by atoms with Crippen molar-refractivity contribution in [3.63, 3.8) is 0 Å². The van der Waals surface area contributed by atoms with Crippen LogP contribution in [0.5, 0.6) is 11.5 Å². The van der Waals surface area contributed by atoms with Gasteiger partial charge in [-0.05, 0) is 29.8 Å². The van der Waals surface area contributed by atoms with Gasteiger partial charge in [0.1, 0.15) is 19.0 Å². The summed E-state index contributed by atoms with van der Waals surface area (Å²) in [6, 6.07) is 11.2. The maximum absolute atomic E-state index is 12.3. The first-order valence-corrected chi connectivity index (χ1v) is 9.82. The summed E-state index contributed by atoms with van der Waals surface area (Å²) >= 11 is 0. The van der Waals surface area contributed by atoms with Crippen LogP contribution >= 0.6 is 0 Å². The SMILES string of the molecule is CNc1cc(CCNC(=O)Cc2ccc3c(c2)OCCO3)nc(-c2ccncc2)n1. The summed E-state index contributed by atoms with van der Waals surface area (Å²) in [6.45, 7) is 1.56. The summed E-state index contributed by atoms with van der Waals surface area (Å²) in [7, 11) is 1.82. The van der Waals surface area contributed by atoms with Gasteiger partial charge in [-0.1, -0.05) is 6.07 Å². The zero-order valence-electron chi connectivity index (χ0n) is 16.7. The number of amides is 1. The number of rotatable bonds is 7. The first-order chi connectivity index (χ1) is 14.7. The van der Waals surface area contributed by atoms with E-state index in [1.165, 1.54) is 0 Å². The van der Waals surface area contributed by atoms with Crippen molar-refractivity contribution < 1.29 is 14.3 Å². The Kier molecular flexibility index (Phi) is 6.03. The van der Waals surface area contributed by atoms with Crippen LogP contribution in [0, 0.1) is 0 Å². The molecule has 1 aliphatic heterocycles. The van der Waals surface area contributed by atoms with E-state index in [1.54, 1.807) is 12.4 Å². The van der Waals surface area contributed by atoms with Crippen LogP contribution in [0.15, 0.2) is 48.8 Å². The van der Waals surface area contributed by atoms with E-state index in [2.05, 4.69) is 25.6 Å². The van der Waals surface area contributed by atoms with Gasteiger partial charge in [0, 0.05) is 49.7 Å². The van der Waals surface area contributed by atoms with Crippen LogP contribution in [0.2, 0.25) is 0 Å². The summed E-state index contributed by atoms with van der Waals surface area (Å²) in [5.41, 5.74) is 2.63. The minimum absolute atomic E-state index is 0.0519. The molecule has 0 atom stereocenters. The summed E-state index contributed by atoms with van der Waals surface area (Å²) in [5.74, 6) is 2.72. The van der Waals surface area contributed by atoms with E-state index in [1.807, 2.05) is 43.4 Å². The molecule has 0 bridgehead atoms. The van der Waals surface area contributed by atoms with E-state index in [9.17, 15) is 4.79 Å². The van der Waals surface area contributed by atoms with Gasteiger partial charge in [0.2, 0.25) is 5.91 Å². The number of nitrogens with one attached hydrogen (secondary N) is 2. The molecule has 0 radical (unpaired) electrons. The van der Waals surface area contributed by atoms with Crippen molar-refractivity contribution in [2.75, 3.05) is 32.1 Å².